The second-order valence-corrected chi connectivity index (χ2v) is 5.89. The van der Waals surface area contributed by atoms with Gasteiger partial charge in [-0.05, 0) is 31.0 Å². The number of urea groups is 1. The molecule has 130 valence electrons. The Kier molecular flexibility index (Phi) is 4.24. The van der Waals surface area contributed by atoms with Crippen molar-refractivity contribution in [3.63, 3.8) is 0 Å². The SMILES string of the molecule is O=C(Nc1ccc2c(c1)OCO2)N1CCCC(Oc2cccnn2)C1. The molecule has 1 aromatic heterocycles. The van der Waals surface area contributed by atoms with Crippen LogP contribution in [0.2, 0.25) is 0 Å². The van der Waals surface area contributed by atoms with Gasteiger partial charge in [-0.3, -0.25) is 0 Å². The van der Waals surface area contributed by atoms with Gasteiger partial charge < -0.3 is 24.4 Å². The first kappa shape index (κ1) is 15.5. The zero-order valence-corrected chi connectivity index (χ0v) is 13.6. The largest absolute Gasteiger partial charge is 0.471 e. The minimum absolute atomic E-state index is 0.0899. The van der Waals surface area contributed by atoms with Crippen LogP contribution in [-0.4, -0.2) is 47.1 Å². The Labute approximate surface area is 144 Å². The van der Waals surface area contributed by atoms with E-state index in [2.05, 4.69) is 15.5 Å². The molecule has 8 heteroatoms. The van der Waals surface area contributed by atoms with Crippen molar-refractivity contribution >= 4 is 11.7 Å². The number of ether oxygens (including phenoxy) is 3. The van der Waals surface area contributed by atoms with E-state index in [1.165, 1.54) is 0 Å². The fraction of sp³-hybridized carbons (Fsp3) is 0.353. The number of amides is 2. The summed E-state index contributed by atoms with van der Waals surface area (Å²) in [5, 5.41) is 10.6. The number of benzene rings is 1. The Morgan fingerprint density at radius 3 is 3.08 bits per heavy atom. The summed E-state index contributed by atoms with van der Waals surface area (Å²) in [5.74, 6) is 1.80. The molecule has 2 amide bonds. The number of likely N-dealkylation sites (tertiary alicyclic amines) is 1. The Bertz CT molecular complexity index is 756. The van der Waals surface area contributed by atoms with E-state index in [9.17, 15) is 4.79 Å². The molecule has 0 saturated carbocycles. The van der Waals surface area contributed by atoms with Gasteiger partial charge in [0.25, 0.3) is 0 Å². The number of anilines is 1. The van der Waals surface area contributed by atoms with Crippen LogP contribution in [0.4, 0.5) is 10.5 Å². The summed E-state index contributed by atoms with van der Waals surface area (Å²) >= 11 is 0. The lowest BCUT2D eigenvalue weighted by Crippen LogP contribution is -2.46. The Morgan fingerprint density at radius 2 is 2.20 bits per heavy atom. The first-order valence-electron chi connectivity index (χ1n) is 8.18. The van der Waals surface area contributed by atoms with Crippen LogP contribution < -0.4 is 19.5 Å². The lowest BCUT2D eigenvalue weighted by atomic mass is 10.1. The van der Waals surface area contributed by atoms with Gasteiger partial charge in [0, 0.05) is 30.6 Å². The van der Waals surface area contributed by atoms with Gasteiger partial charge in [-0.2, -0.15) is 5.10 Å². The molecule has 1 unspecified atom stereocenters. The number of hydrogen-bond donors (Lipinski definition) is 1. The van der Waals surface area contributed by atoms with Gasteiger partial charge in [0.05, 0.1) is 6.54 Å². The molecule has 2 aliphatic rings. The number of fused-ring (bicyclic) bond motifs is 1. The third-order valence-electron chi connectivity index (χ3n) is 4.12. The van der Waals surface area contributed by atoms with Gasteiger partial charge in [0.1, 0.15) is 6.10 Å². The predicted octanol–water partition coefficient (Wildman–Crippen LogP) is 2.28. The zero-order valence-electron chi connectivity index (χ0n) is 13.6. The topological polar surface area (TPSA) is 85.8 Å². The summed E-state index contributed by atoms with van der Waals surface area (Å²) in [6.45, 7) is 1.41. The summed E-state index contributed by atoms with van der Waals surface area (Å²) in [6, 6.07) is 8.72. The second-order valence-electron chi connectivity index (χ2n) is 5.89. The summed E-state index contributed by atoms with van der Waals surface area (Å²) in [7, 11) is 0. The normalized spacial score (nSPS) is 18.7. The van der Waals surface area contributed by atoms with Crippen LogP contribution in [0, 0.1) is 0 Å². The fourth-order valence-corrected chi connectivity index (χ4v) is 2.92. The van der Waals surface area contributed by atoms with Crippen molar-refractivity contribution in [2.75, 3.05) is 25.2 Å². The lowest BCUT2D eigenvalue weighted by molar-refractivity contribution is 0.102. The molecule has 1 fully saturated rings. The highest BCUT2D eigenvalue weighted by Gasteiger charge is 2.25. The van der Waals surface area contributed by atoms with Gasteiger partial charge in [0.15, 0.2) is 11.5 Å². The Balaban J connectivity index is 1.36. The summed E-state index contributed by atoms with van der Waals surface area (Å²) < 4.78 is 16.4. The Hall–Kier alpha value is -3.03. The highest BCUT2D eigenvalue weighted by molar-refractivity contribution is 5.89. The standard InChI is InChI=1S/C17H18N4O4/c22-17(19-12-5-6-14-15(9-12)24-11-23-14)21-8-2-3-13(10-21)25-16-4-1-7-18-20-16/h1,4-7,9,13H,2-3,8,10-11H2,(H,19,22). The molecule has 2 aromatic rings. The predicted molar refractivity (Wildman–Crippen MR) is 88.8 cm³/mol. The minimum atomic E-state index is -0.161. The fourth-order valence-electron chi connectivity index (χ4n) is 2.92. The zero-order chi connectivity index (χ0) is 17.1. The van der Waals surface area contributed by atoms with E-state index < -0.39 is 0 Å². The average molecular weight is 342 g/mol. The number of nitrogens with one attached hydrogen (secondary N) is 1. The molecule has 0 radical (unpaired) electrons. The summed E-state index contributed by atoms with van der Waals surface area (Å²) in [6.07, 6.45) is 3.26. The van der Waals surface area contributed by atoms with E-state index in [0.29, 0.717) is 36.2 Å². The number of nitrogens with zero attached hydrogens (tertiary/aromatic N) is 3. The van der Waals surface area contributed by atoms with Crippen LogP contribution in [0.5, 0.6) is 17.4 Å². The molecule has 1 aromatic carbocycles. The number of piperidine rings is 1. The van der Waals surface area contributed by atoms with Crippen molar-refractivity contribution in [2.24, 2.45) is 0 Å². The number of carbonyl (C=O) groups is 1. The maximum Gasteiger partial charge on any atom is 0.321 e. The van der Waals surface area contributed by atoms with E-state index in [1.807, 2.05) is 0 Å². The van der Waals surface area contributed by atoms with E-state index >= 15 is 0 Å². The number of aromatic nitrogens is 2. The third-order valence-corrected chi connectivity index (χ3v) is 4.12. The van der Waals surface area contributed by atoms with Crippen molar-refractivity contribution in [1.29, 1.82) is 0 Å². The molecule has 2 aliphatic heterocycles. The smallest absolute Gasteiger partial charge is 0.321 e. The van der Waals surface area contributed by atoms with E-state index in [1.54, 1.807) is 41.4 Å². The van der Waals surface area contributed by atoms with Crippen LogP contribution >= 0.6 is 0 Å². The molecule has 1 N–H and O–H groups in total. The van der Waals surface area contributed by atoms with Crippen LogP contribution in [0.15, 0.2) is 36.5 Å². The van der Waals surface area contributed by atoms with Crippen LogP contribution in [-0.2, 0) is 0 Å². The van der Waals surface area contributed by atoms with Crippen molar-refractivity contribution in [3.05, 3.63) is 36.5 Å². The lowest BCUT2D eigenvalue weighted by Gasteiger charge is -2.32. The maximum atomic E-state index is 12.5. The molecule has 25 heavy (non-hydrogen) atoms. The van der Waals surface area contributed by atoms with Crippen molar-refractivity contribution in [2.45, 2.75) is 18.9 Å². The first-order valence-corrected chi connectivity index (χ1v) is 8.18. The molecule has 3 heterocycles. The molecule has 0 spiro atoms. The first-order chi connectivity index (χ1) is 12.3. The van der Waals surface area contributed by atoms with Crippen LogP contribution in [0.1, 0.15) is 12.8 Å². The molecule has 0 bridgehead atoms. The van der Waals surface area contributed by atoms with E-state index in [-0.39, 0.29) is 18.9 Å². The molecular formula is C17H18N4O4. The van der Waals surface area contributed by atoms with Crippen molar-refractivity contribution in [1.82, 2.24) is 15.1 Å². The second kappa shape index (κ2) is 6.84. The van der Waals surface area contributed by atoms with Gasteiger partial charge in [-0.15, -0.1) is 5.10 Å². The van der Waals surface area contributed by atoms with Gasteiger partial charge in [-0.25, -0.2) is 4.79 Å². The molecule has 1 atom stereocenters. The third kappa shape index (κ3) is 3.57. The van der Waals surface area contributed by atoms with Gasteiger partial charge in [-0.1, -0.05) is 0 Å². The monoisotopic (exact) mass is 342 g/mol. The molecule has 4 rings (SSSR count). The molecule has 0 aliphatic carbocycles. The summed E-state index contributed by atoms with van der Waals surface area (Å²) in [4.78, 5) is 14.3. The average Bonchev–Trinajstić information content (AvgIpc) is 3.10. The Morgan fingerprint density at radius 1 is 1.28 bits per heavy atom. The van der Waals surface area contributed by atoms with Gasteiger partial charge >= 0.3 is 6.03 Å². The van der Waals surface area contributed by atoms with Crippen molar-refractivity contribution in [3.8, 4) is 17.4 Å². The highest BCUT2D eigenvalue weighted by Crippen LogP contribution is 2.34. The highest BCUT2D eigenvalue weighted by atomic mass is 16.7. The minimum Gasteiger partial charge on any atom is -0.471 e. The van der Waals surface area contributed by atoms with Gasteiger partial charge in [0.2, 0.25) is 12.7 Å². The van der Waals surface area contributed by atoms with Crippen LogP contribution in [0.3, 0.4) is 0 Å². The quantitative estimate of drug-likeness (QED) is 0.921. The molecular weight excluding hydrogens is 324 g/mol. The van der Waals surface area contributed by atoms with E-state index in [4.69, 9.17) is 14.2 Å². The molecule has 8 nitrogen and oxygen atoms in total. The molecule has 1 saturated heterocycles. The van der Waals surface area contributed by atoms with E-state index in [0.717, 1.165) is 12.8 Å². The number of carbonyl (C=O) groups excluding carboxylic acids is 1. The number of rotatable bonds is 3. The number of hydrogen-bond acceptors (Lipinski definition) is 6. The summed E-state index contributed by atoms with van der Waals surface area (Å²) in [5.41, 5.74) is 0.672. The van der Waals surface area contributed by atoms with Crippen molar-refractivity contribution < 1.29 is 19.0 Å². The maximum absolute atomic E-state index is 12.5. The van der Waals surface area contributed by atoms with Crippen LogP contribution in [0.25, 0.3) is 0 Å².